The molecule has 0 aliphatic rings. The van der Waals surface area contributed by atoms with Gasteiger partial charge < -0.3 is 5.11 Å². The van der Waals surface area contributed by atoms with Gasteiger partial charge in [-0.05, 0) is 30.9 Å². The summed E-state index contributed by atoms with van der Waals surface area (Å²) in [7, 11) is 0. The molecule has 0 amide bonds. The fraction of sp³-hybridized carbons (Fsp3) is 0.600. The van der Waals surface area contributed by atoms with Gasteiger partial charge in [0.1, 0.15) is 0 Å². The van der Waals surface area contributed by atoms with Gasteiger partial charge in [-0.3, -0.25) is 0 Å². The minimum absolute atomic E-state index is 0.504. The van der Waals surface area contributed by atoms with Gasteiger partial charge in [-0.25, -0.2) is 0 Å². The molecule has 1 rings (SSSR count). The third-order valence-corrected chi connectivity index (χ3v) is 3.21. The second-order valence-corrected chi connectivity index (χ2v) is 4.83. The first-order valence-corrected chi connectivity index (χ1v) is 6.38. The van der Waals surface area contributed by atoms with Crippen molar-refractivity contribution in [3.8, 4) is 0 Å². The monoisotopic (exact) mass is 220 g/mol. The van der Waals surface area contributed by atoms with Crippen molar-refractivity contribution >= 4 is 0 Å². The lowest BCUT2D eigenvalue weighted by atomic mass is 9.85. The largest absolute Gasteiger partial charge is 0.390 e. The Bertz CT molecular complexity index is 311. The quantitative estimate of drug-likeness (QED) is 0.771. The number of aryl methyl sites for hydroxylation is 1. The van der Waals surface area contributed by atoms with Crippen LogP contribution >= 0.6 is 0 Å². The predicted octanol–water partition coefficient (Wildman–Crippen LogP) is 3.87. The van der Waals surface area contributed by atoms with E-state index in [9.17, 15) is 5.11 Å². The zero-order valence-corrected chi connectivity index (χ0v) is 10.8. The Morgan fingerprint density at radius 3 is 2.12 bits per heavy atom. The summed E-state index contributed by atoms with van der Waals surface area (Å²) in [4.78, 5) is 0. The summed E-state index contributed by atoms with van der Waals surface area (Å²) < 4.78 is 0. The van der Waals surface area contributed by atoms with Crippen LogP contribution in [0.3, 0.4) is 0 Å². The van der Waals surface area contributed by atoms with Crippen molar-refractivity contribution in [3.63, 3.8) is 0 Å². The van der Waals surface area contributed by atoms with E-state index in [1.54, 1.807) is 0 Å². The molecule has 16 heavy (non-hydrogen) atoms. The SMILES string of the molecule is CCCC(O)(CCC)Cc1ccccc1C. The molecule has 1 aromatic rings. The molecule has 1 aromatic carbocycles. The maximum Gasteiger partial charge on any atom is 0.0687 e. The minimum atomic E-state index is -0.504. The lowest BCUT2D eigenvalue weighted by Gasteiger charge is -2.28. The molecule has 1 heteroatoms. The Hall–Kier alpha value is -0.820. The molecule has 0 bridgehead atoms. The smallest absolute Gasteiger partial charge is 0.0687 e. The van der Waals surface area contributed by atoms with E-state index in [4.69, 9.17) is 0 Å². The summed E-state index contributed by atoms with van der Waals surface area (Å²) >= 11 is 0. The van der Waals surface area contributed by atoms with E-state index in [0.29, 0.717) is 0 Å². The van der Waals surface area contributed by atoms with Crippen LogP contribution in [-0.4, -0.2) is 10.7 Å². The fourth-order valence-electron chi connectivity index (χ4n) is 2.40. The summed E-state index contributed by atoms with van der Waals surface area (Å²) in [5.41, 5.74) is 2.07. The predicted molar refractivity (Wildman–Crippen MR) is 69.6 cm³/mol. The van der Waals surface area contributed by atoms with Gasteiger partial charge in [0, 0.05) is 6.42 Å². The number of aliphatic hydroxyl groups is 1. The Balaban J connectivity index is 2.79. The van der Waals surface area contributed by atoms with Crippen LogP contribution in [0.5, 0.6) is 0 Å². The molecule has 0 aliphatic heterocycles. The van der Waals surface area contributed by atoms with Gasteiger partial charge in [-0.1, -0.05) is 51.0 Å². The average molecular weight is 220 g/mol. The molecular weight excluding hydrogens is 196 g/mol. The lowest BCUT2D eigenvalue weighted by Crippen LogP contribution is -2.31. The molecular formula is C15H24O. The van der Waals surface area contributed by atoms with Crippen molar-refractivity contribution in [1.29, 1.82) is 0 Å². The molecule has 0 heterocycles. The summed E-state index contributed by atoms with van der Waals surface area (Å²) in [6.45, 7) is 6.39. The van der Waals surface area contributed by atoms with E-state index in [1.165, 1.54) is 11.1 Å². The Labute approximate surface area is 99.5 Å². The summed E-state index contributed by atoms with van der Waals surface area (Å²) in [6.07, 6.45) is 4.68. The normalized spacial score (nSPS) is 11.8. The van der Waals surface area contributed by atoms with E-state index < -0.39 is 5.60 Å². The maximum absolute atomic E-state index is 10.6. The first-order chi connectivity index (χ1) is 7.61. The van der Waals surface area contributed by atoms with Gasteiger partial charge in [-0.2, -0.15) is 0 Å². The van der Waals surface area contributed by atoms with Crippen molar-refractivity contribution in [2.24, 2.45) is 0 Å². The molecule has 1 N–H and O–H groups in total. The first-order valence-electron chi connectivity index (χ1n) is 6.38. The van der Waals surface area contributed by atoms with E-state index >= 15 is 0 Å². The standard InChI is InChI=1S/C15H24O/c1-4-10-15(16,11-5-2)12-14-9-7-6-8-13(14)3/h6-9,16H,4-5,10-12H2,1-3H3. The molecule has 0 saturated carbocycles. The Morgan fingerprint density at radius 1 is 1.06 bits per heavy atom. The van der Waals surface area contributed by atoms with Crippen molar-refractivity contribution in [2.75, 3.05) is 0 Å². The van der Waals surface area contributed by atoms with Crippen molar-refractivity contribution in [1.82, 2.24) is 0 Å². The van der Waals surface area contributed by atoms with E-state index in [2.05, 4.69) is 45.0 Å². The third-order valence-electron chi connectivity index (χ3n) is 3.21. The van der Waals surface area contributed by atoms with Crippen LogP contribution in [0.1, 0.15) is 50.7 Å². The van der Waals surface area contributed by atoms with Crippen LogP contribution in [0.25, 0.3) is 0 Å². The molecule has 0 atom stereocenters. The average Bonchev–Trinajstić information content (AvgIpc) is 2.22. The first kappa shape index (κ1) is 13.2. The van der Waals surface area contributed by atoms with Crippen LogP contribution in [0.15, 0.2) is 24.3 Å². The molecule has 0 radical (unpaired) electrons. The van der Waals surface area contributed by atoms with Crippen LogP contribution < -0.4 is 0 Å². The summed E-state index contributed by atoms with van der Waals surface area (Å²) in [5, 5.41) is 10.6. The highest BCUT2D eigenvalue weighted by molar-refractivity contribution is 5.27. The van der Waals surface area contributed by atoms with Crippen LogP contribution in [-0.2, 0) is 6.42 Å². The second kappa shape index (κ2) is 6.05. The number of hydrogen-bond acceptors (Lipinski definition) is 1. The van der Waals surface area contributed by atoms with Gasteiger partial charge in [0.05, 0.1) is 5.60 Å². The Kier molecular flexibility index (Phi) is 5.01. The molecule has 0 unspecified atom stereocenters. The van der Waals surface area contributed by atoms with Crippen LogP contribution in [0.2, 0.25) is 0 Å². The molecule has 1 nitrogen and oxygen atoms in total. The van der Waals surface area contributed by atoms with Gasteiger partial charge in [0.15, 0.2) is 0 Å². The van der Waals surface area contributed by atoms with E-state index in [0.717, 1.165) is 32.1 Å². The highest BCUT2D eigenvalue weighted by Gasteiger charge is 2.25. The van der Waals surface area contributed by atoms with Gasteiger partial charge >= 0.3 is 0 Å². The fourth-order valence-corrected chi connectivity index (χ4v) is 2.40. The zero-order chi connectivity index (χ0) is 12.0. The van der Waals surface area contributed by atoms with Crippen molar-refractivity contribution in [2.45, 2.75) is 58.5 Å². The molecule has 0 aromatic heterocycles. The topological polar surface area (TPSA) is 20.2 Å². The number of rotatable bonds is 6. The van der Waals surface area contributed by atoms with Gasteiger partial charge in [-0.15, -0.1) is 0 Å². The molecule has 0 aliphatic carbocycles. The minimum Gasteiger partial charge on any atom is -0.390 e. The van der Waals surface area contributed by atoms with Crippen LogP contribution in [0.4, 0.5) is 0 Å². The van der Waals surface area contributed by atoms with Gasteiger partial charge in [0.2, 0.25) is 0 Å². The second-order valence-electron chi connectivity index (χ2n) is 4.83. The Morgan fingerprint density at radius 2 is 1.62 bits per heavy atom. The van der Waals surface area contributed by atoms with Crippen molar-refractivity contribution < 1.29 is 5.11 Å². The maximum atomic E-state index is 10.6. The third kappa shape index (κ3) is 3.64. The lowest BCUT2D eigenvalue weighted by molar-refractivity contribution is 0.0215. The highest BCUT2D eigenvalue weighted by Crippen LogP contribution is 2.25. The van der Waals surface area contributed by atoms with E-state index in [-0.39, 0.29) is 0 Å². The van der Waals surface area contributed by atoms with E-state index in [1.807, 2.05) is 0 Å². The molecule has 0 fully saturated rings. The highest BCUT2D eigenvalue weighted by atomic mass is 16.3. The molecule has 0 spiro atoms. The zero-order valence-electron chi connectivity index (χ0n) is 10.8. The molecule has 90 valence electrons. The number of benzene rings is 1. The van der Waals surface area contributed by atoms with Crippen molar-refractivity contribution in [3.05, 3.63) is 35.4 Å². The summed E-state index contributed by atoms with van der Waals surface area (Å²) in [6, 6.07) is 8.36. The number of hydrogen-bond donors (Lipinski definition) is 1. The summed E-state index contributed by atoms with van der Waals surface area (Å²) in [5.74, 6) is 0. The molecule has 0 saturated heterocycles. The van der Waals surface area contributed by atoms with Gasteiger partial charge in [0.25, 0.3) is 0 Å². The van der Waals surface area contributed by atoms with Crippen LogP contribution in [0, 0.1) is 6.92 Å².